The van der Waals surface area contributed by atoms with Crippen molar-refractivity contribution < 1.29 is 27.7 Å². The molecule has 0 aromatic carbocycles. The molecule has 0 bridgehead atoms. The molecular weight excluding hydrogens is 353 g/mol. The van der Waals surface area contributed by atoms with Crippen LogP contribution in [0.15, 0.2) is 0 Å². The van der Waals surface area contributed by atoms with Gasteiger partial charge in [0.1, 0.15) is 0 Å². The van der Waals surface area contributed by atoms with Gasteiger partial charge in [0.15, 0.2) is 0 Å². The standard InChI is InChI=1S/2C4H11Si.Hg/c2*1-4-5(2)3;/h2*4H2,1-3H3;. The van der Waals surface area contributed by atoms with E-state index in [1.54, 1.807) is 0 Å². The molecule has 0 fully saturated rings. The van der Waals surface area contributed by atoms with Crippen LogP contribution in [0.25, 0.3) is 0 Å². The van der Waals surface area contributed by atoms with Gasteiger partial charge in [-0.2, -0.15) is 0 Å². The van der Waals surface area contributed by atoms with Crippen molar-refractivity contribution in [2.24, 2.45) is 0 Å². The predicted octanol–water partition coefficient (Wildman–Crippen LogP) is 3.52. The Bertz CT molecular complexity index is 48.1. The van der Waals surface area contributed by atoms with Crippen LogP contribution in [0.4, 0.5) is 0 Å². The molecule has 0 aliphatic carbocycles. The molecule has 0 nitrogen and oxygen atoms in total. The van der Waals surface area contributed by atoms with Gasteiger partial charge < -0.3 is 0 Å². The minimum absolute atomic E-state index is 0. The molecule has 0 heterocycles. The summed E-state index contributed by atoms with van der Waals surface area (Å²) in [6, 6.07) is 2.81. The van der Waals surface area contributed by atoms with E-state index >= 15 is 0 Å². The van der Waals surface area contributed by atoms with Crippen molar-refractivity contribution >= 4 is 17.6 Å². The minimum atomic E-state index is 0. The van der Waals surface area contributed by atoms with Crippen LogP contribution in [-0.2, 0) is 27.7 Å². The summed E-state index contributed by atoms with van der Waals surface area (Å²) in [6.07, 6.45) is 0. The quantitative estimate of drug-likeness (QED) is 0.649. The van der Waals surface area contributed by atoms with Gasteiger partial charge in [0, 0.05) is 45.3 Å². The summed E-state index contributed by atoms with van der Waals surface area (Å²) in [7, 11) is 0.252. The van der Waals surface area contributed by atoms with Gasteiger partial charge in [0.2, 0.25) is 0 Å². The molecular formula is C8H22HgSi2. The summed E-state index contributed by atoms with van der Waals surface area (Å²) >= 11 is 0. The number of hydrogen-bond donors (Lipinski definition) is 0. The van der Waals surface area contributed by atoms with Crippen molar-refractivity contribution in [2.45, 2.75) is 52.1 Å². The van der Waals surface area contributed by atoms with E-state index in [0.29, 0.717) is 0 Å². The summed E-state index contributed by atoms with van der Waals surface area (Å²) in [5.41, 5.74) is 0. The monoisotopic (exact) mass is 376 g/mol. The molecule has 64 valence electrons. The number of rotatable bonds is 2. The van der Waals surface area contributed by atoms with Gasteiger partial charge >= 0.3 is 0 Å². The zero-order valence-corrected chi connectivity index (χ0v) is 16.6. The van der Waals surface area contributed by atoms with E-state index in [-0.39, 0.29) is 45.3 Å². The van der Waals surface area contributed by atoms with E-state index in [1.165, 1.54) is 12.1 Å². The average molecular weight is 375 g/mol. The Kier molecular flexibility index (Phi) is 23.1. The van der Waals surface area contributed by atoms with Gasteiger partial charge in [0.25, 0.3) is 0 Å². The minimum Gasteiger partial charge on any atom is -0.0713 e. The summed E-state index contributed by atoms with van der Waals surface area (Å²) in [5, 5.41) is 0. The molecule has 0 aromatic heterocycles. The van der Waals surface area contributed by atoms with Crippen molar-refractivity contribution in [1.29, 1.82) is 0 Å². The Balaban J connectivity index is -0.000000107. The topological polar surface area (TPSA) is 0 Å². The number of hydrogen-bond acceptors (Lipinski definition) is 0. The Morgan fingerprint density at radius 1 is 0.727 bits per heavy atom. The first kappa shape index (κ1) is 18.2. The predicted molar refractivity (Wildman–Crippen MR) is 55.9 cm³/mol. The SMILES string of the molecule is CC[Si](C)C.CC[Si](C)C.[Hg]. The third kappa shape index (κ3) is 34.6. The first-order valence-electron chi connectivity index (χ1n) is 4.12. The maximum Gasteiger partial charge on any atom is 0.0410 e. The molecule has 0 N–H and O–H groups in total. The zero-order chi connectivity index (χ0) is 8.57. The normalized spacial score (nSPS) is 8.73. The Morgan fingerprint density at radius 3 is 0.818 bits per heavy atom. The molecule has 2 radical (unpaired) electrons. The fraction of sp³-hybridized carbons (Fsp3) is 1.00. The average Bonchev–Trinajstić information content (AvgIpc) is 1.89. The van der Waals surface area contributed by atoms with E-state index in [4.69, 9.17) is 0 Å². The third-order valence-electron chi connectivity index (χ3n) is 1.41. The van der Waals surface area contributed by atoms with Crippen molar-refractivity contribution in [3.8, 4) is 0 Å². The molecule has 0 aliphatic heterocycles. The summed E-state index contributed by atoms with van der Waals surface area (Å²) < 4.78 is 0. The second-order valence-corrected chi connectivity index (χ2v) is 9.36. The van der Waals surface area contributed by atoms with Gasteiger partial charge in [0.05, 0.1) is 0 Å². The van der Waals surface area contributed by atoms with Gasteiger partial charge in [-0.1, -0.05) is 52.1 Å². The zero-order valence-electron chi connectivity index (χ0n) is 9.12. The van der Waals surface area contributed by atoms with Crippen LogP contribution < -0.4 is 0 Å². The maximum atomic E-state index is 2.32. The first-order valence-corrected chi connectivity index (χ1v) is 9.54. The molecule has 0 spiro atoms. The largest absolute Gasteiger partial charge is 0.0713 e. The molecule has 0 aliphatic rings. The molecule has 0 saturated carbocycles. The summed E-state index contributed by atoms with van der Waals surface area (Å²) in [6.45, 7) is 13.8. The smallest absolute Gasteiger partial charge is 0.0410 e. The molecule has 11 heavy (non-hydrogen) atoms. The summed E-state index contributed by atoms with van der Waals surface area (Å²) in [4.78, 5) is 0. The molecule has 0 saturated heterocycles. The molecule has 3 heteroatoms. The first-order chi connectivity index (χ1) is 4.54. The molecule has 0 unspecified atom stereocenters. The Morgan fingerprint density at radius 2 is 0.818 bits per heavy atom. The van der Waals surface area contributed by atoms with E-state index in [1.807, 2.05) is 0 Å². The van der Waals surface area contributed by atoms with E-state index < -0.39 is 0 Å². The van der Waals surface area contributed by atoms with E-state index in [2.05, 4.69) is 40.0 Å². The van der Waals surface area contributed by atoms with Crippen LogP contribution in [0.5, 0.6) is 0 Å². The fourth-order valence-electron chi connectivity index (χ4n) is 0. The van der Waals surface area contributed by atoms with Crippen molar-refractivity contribution in [3.05, 3.63) is 0 Å². The van der Waals surface area contributed by atoms with Crippen molar-refractivity contribution in [1.82, 2.24) is 0 Å². The molecule has 0 atom stereocenters. The molecule has 0 rings (SSSR count). The van der Waals surface area contributed by atoms with Gasteiger partial charge in [-0.05, 0) is 0 Å². The Hall–Kier alpha value is 1.37. The van der Waals surface area contributed by atoms with Crippen LogP contribution >= 0.6 is 0 Å². The van der Waals surface area contributed by atoms with Crippen LogP contribution in [-0.4, -0.2) is 17.6 Å². The van der Waals surface area contributed by atoms with Crippen LogP contribution in [0, 0.1) is 0 Å². The Labute approximate surface area is 96.9 Å². The second kappa shape index (κ2) is 13.9. The van der Waals surface area contributed by atoms with E-state index in [0.717, 1.165) is 0 Å². The second-order valence-electron chi connectivity index (χ2n) is 3.12. The van der Waals surface area contributed by atoms with Crippen LogP contribution in [0.2, 0.25) is 38.3 Å². The van der Waals surface area contributed by atoms with E-state index in [9.17, 15) is 0 Å². The van der Waals surface area contributed by atoms with Crippen LogP contribution in [0.3, 0.4) is 0 Å². The van der Waals surface area contributed by atoms with Crippen molar-refractivity contribution in [3.63, 3.8) is 0 Å². The van der Waals surface area contributed by atoms with Gasteiger partial charge in [-0.25, -0.2) is 0 Å². The molecule has 0 amide bonds. The van der Waals surface area contributed by atoms with Crippen molar-refractivity contribution in [2.75, 3.05) is 0 Å². The summed E-state index contributed by atoms with van der Waals surface area (Å²) in [5.74, 6) is 0. The van der Waals surface area contributed by atoms with Gasteiger partial charge in [-0.15, -0.1) is 0 Å². The maximum absolute atomic E-state index is 2.32. The fourth-order valence-corrected chi connectivity index (χ4v) is 0. The van der Waals surface area contributed by atoms with Gasteiger partial charge in [-0.3, -0.25) is 0 Å². The van der Waals surface area contributed by atoms with Crippen LogP contribution in [0.1, 0.15) is 13.8 Å². The third-order valence-corrected chi connectivity index (χ3v) is 4.24. The molecule has 0 aromatic rings.